The van der Waals surface area contributed by atoms with Gasteiger partial charge in [-0.15, -0.1) is 0 Å². The van der Waals surface area contributed by atoms with Gasteiger partial charge in [-0.2, -0.15) is 0 Å². The standard InChI is InChI=1S/C63H122O17P2/c1-7-10-12-14-16-18-19-23-27-34-40-46-61(66)74-51-58(79-62(67)47-41-35-28-24-21-20-22-25-32-38-44-56(6)9-3)53-77-81(69,70)75-49-57(64)50-76-82(71,72)78-54-59(52-73-60(65)45-39-33-26-17-15-13-11-8-2)80-63(68)48-42-36-30-29-31-37-43-55(4)5/h55-59,64H,7-54H2,1-6H3,(H,69,70)(H,71,72)/t56?,57-,58-,59-/m1/s1. The van der Waals surface area contributed by atoms with Crippen LogP contribution in [0.25, 0.3) is 0 Å². The SMILES string of the molecule is CCCCCCCCCCCCCC(=O)OC[C@H](COP(=O)(O)OC[C@@H](O)COP(=O)(O)OC[C@@H](COC(=O)CCCCCCCCCC)OC(=O)CCCCCCCCC(C)C)OC(=O)CCCCCCCCCCCCC(C)CC. The molecule has 0 aliphatic carbocycles. The monoisotopic (exact) mass is 1210 g/mol. The molecule has 0 aromatic carbocycles. The summed E-state index contributed by atoms with van der Waals surface area (Å²) in [5, 5.41) is 10.5. The van der Waals surface area contributed by atoms with Gasteiger partial charge in [0.05, 0.1) is 26.4 Å². The minimum absolute atomic E-state index is 0.102. The van der Waals surface area contributed by atoms with Crippen LogP contribution in [0.4, 0.5) is 0 Å². The van der Waals surface area contributed by atoms with E-state index in [-0.39, 0.29) is 25.7 Å². The number of carbonyl (C=O) groups excluding carboxylic acids is 4. The van der Waals surface area contributed by atoms with Crippen molar-refractivity contribution in [1.29, 1.82) is 0 Å². The summed E-state index contributed by atoms with van der Waals surface area (Å²) in [5.41, 5.74) is 0. The zero-order valence-electron chi connectivity index (χ0n) is 52.8. The van der Waals surface area contributed by atoms with Gasteiger partial charge in [-0.3, -0.25) is 37.3 Å². The molecule has 0 fully saturated rings. The molecule has 0 amide bonds. The van der Waals surface area contributed by atoms with Gasteiger partial charge in [-0.1, -0.05) is 260 Å². The third-order valence-corrected chi connectivity index (χ3v) is 16.7. The summed E-state index contributed by atoms with van der Waals surface area (Å²) < 4.78 is 67.9. The number of aliphatic hydroxyl groups excluding tert-OH is 1. The molecule has 0 saturated heterocycles. The molecule has 0 aliphatic heterocycles. The normalized spacial score (nSPS) is 14.7. The lowest BCUT2D eigenvalue weighted by atomic mass is 9.99. The van der Waals surface area contributed by atoms with Crippen molar-refractivity contribution in [3.05, 3.63) is 0 Å². The number of phosphoric acid groups is 2. The largest absolute Gasteiger partial charge is 0.472 e. The summed E-state index contributed by atoms with van der Waals surface area (Å²) in [6, 6.07) is 0. The van der Waals surface area contributed by atoms with Gasteiger partial charge < -0.3 is 33.8 Å². The van der Waals surface area contributed by atoms with E-state index in [0.717, 1.165) is 102 Å². The summed E-state index contributed by atoms with van der Waals surface area (Å²) in [6.45, 7) is 9.39. The molecule has 6 atom stereocenters. The van der Waals surface area contributed by atoms with Crippen molar-refractivity contribution >= 4 is 39.5 Å². The average Bonchev–Trinajstić information content (AvgIpc) is 3.48. The highest BCUT2D eigenvalue weighted by Crippen LogP contribution is 2.45. The Bertz CT molecular complexity index is 1620. The fourth-order valence-corrected chi connectivity index (χ4v) is 10.9. The highest BCUT2D eigenvalue weighted by atomic mass is 31.2. The molecule has 19 heteroatoms. The van der Waals surface area contributed by atoms with E-state index in [1.165, 1.54) is 122 Å². The Morgan fingerprint density at radius 3 is 0.927 bits per heavy atom. The Morgan fingerprint density at radius 1 is 0.354 bits per heavy atom. The first-order chi connectivity index (χ1) is 39.4. The lowest BCUT2D eigenvalue weighted by Crippen LogP contribution is -2.30. The van der Waals surface area contributed by atoms with E-state index in [1.807, 2.05) is 0 Å². The van der Waals surface area contributed by atoms with Crippen LogP contribution in [0.3, 0.4) is 0 Å². The van der Waals surface area contributed by atoms with Crippen LogP contribution in [0.5, 0.6) is 0 Å². The van der Waals surface area contributed by atoms with Crippen LogP contribution in [0.2, 0.25) is 0 Å². The number of carbonyl (C=O) groups is 4. The number of ether oxygens (including phenoxy) is 4. The third kappa shape index (κ3) is 55.9. The van der Waals surface area contributed by atoms with Crippen LogP contribution in [0, 0.1) is 11.8 Å². The predicted molar refractivity (Wildman–Crippen MR) is 326 cm³/mol. The average molecular weight is 1210 g/mol. The summed E-state index contributed by atoms with van der Waals surface area (Å²) in [5.74, 6) is -0.668. The first kappa shape index (κ1) is 80.1. The number of hydrogen-bond acceptors (Lipinski definition) is 15. The van der Waals surface area contributed by atoms with Crippen LogP contribution >= 0.6 is 15.6 Å². The van der Waals surface area contributed by atoms with Gasteiger partial charge in [0.25, 0.3) is 0 Å². The molecule has 0 rings (SSSR count). The first-order valence-electron chi connectivity index (χ1n) is 33.0. The molecule has 0 spiro atoms. The minimum Gasteiger partial charge on any atom is -0.462 e. The second kappa shape index (κ2) is 55.6. The van der Waals surface area contributed by atoms with E-state index in [0.29, 0.717) is 31.6 Å². The summed E-state index contributed by atoms with van der Waals surface area (Å²) in [6.07, 6.45) is 37.6. The fourth-order valence-electron chi connectivity index (χ4n) is 9.32. The molecule has 3 N–H and O–H groups in total. The van der Waals surface area contributed by atoms with E-state index in [9.17, 15) is 43.2 Å². The van der Waals surface area contributed by atoms with Gasteiger partial charge in [-0.25, -0.2) is 9.13 Å². The van der Waals surface area contributed by atoms with E-state index in [4.69, 9.17) is 37.0 Å². The topological polar surface area (TPSA) is 237 Å². The molecule has 82 heavy (non-hydrogen) atoms. The summed E-state index contributed by atoms with van der Waals surface area (Å²) in [4.78, 5) is 72.1. The van der Waals surface area contributed by atoms with Crippen molar-refractivity contribution in [3.8, 4) is 0 Å². The Labute approximate surface area is 498 Å². The number of unbranched alkanes of at least 4 members (excludes halogenated alkanes) is 31. The van der Waals surface area contributed by atoms with Gasteiger partial charge in [-0.05, 0) is 37.5 Å². The number of phosphoric ester groups is 2. The molecule has 0 heterocycles. The van der Waals surface area contributed by atoms with Crippen LogP contribution in [-0.4, -0.2) is 96.7 Å². The van der Waals surface area contributed by atoms with Crippen LogP contribution in [0.1, 0.15) is 311 Å². The molecular formula is C63H122O17P2. The van der Waals surface area contributed by atoms with Gasteiger partial charge in [0.2, 0.25) is 0 Å². The molecule has 0 saturated carbocycles. The van der Waals surface area contributed by atoms with Crippen molar-refractivity contribution in [2.45, 2.75) is 330 Å². The Morgan fingerprint density at radius 2 is 0.622 bits per heavy atom. The molecule has 0 bridgehead atoms. The van der Waals surface area contributed by atoms with Crippen LogP contribution in [0.15, 0.2) is 0 Å². The quantitative estimate of drug-likeness (QED) is 0.0222. The minimum atomic E-state index is -4.94. The Kier molecular flexibility index (Phi) is 54.3. The molecular weight excluding hydrogens is 1090 g/mol. The zero-order chi connectivity index (χ0) is 60.8. The zero-order valence-corrected chi connectivity index (χ0v) is 54.6. The van der Waals surface area contributed by atoms with Crippen molar-refractivity contribution < 1.29 is 80.2 Å². The highest BCUT2D eigenvalue weighted by Gasteiger charge is 2.30. The van der Waals surface area contributed by atoms with Crippen molar-refractivity contribution in [3.63, 3.8) is 0 Å². The number of hydrogen-bond donors (Lipinski definition) is 3. The molecule has 0 aromatic heterocycles. The van der Waals surface area contributed by atoms with Gasteiger partial charge >= 0.3 is 39.5 Å². The van der Waals surface area contributed by atoms with Crippen LogP contribution in [-0.2, 0) is 65.4 Å². The van der Waals surface area contributed by atoms with E-state index < -0.39 is 97.5 Å². The van der Waals surface area contributed by atoms with E-state index >= 15 is 0 Å². The molecule has 0 aromatic rings. The second-order valence-corrected chi connectivity index (χ2v) is 26.4. The summed E-state index contributed by atoms with van der Waals surface area (Å²) >= 11 is 0. The molecule has 0 aliphatic rings. The van der Waals surface area contributed by atoms with Gasteiger partial charge in [0.15, 0.2) is 12.2 Å². The van der Waals surface area contributed by atoms with Crippen molar-refractivity contribution in [2.24, 2.45) is 11.8 Å². The Balaban J connectivity index is 5.23. The number of esters is 4. The van der Waals surface area contributed by atoms with Gasteiger partial charge in [0.1, 0.15) is 19.3 Å². The molecule has 3 unspecified atom stereocenters. The van der Waals surface area contributed by atoms with Crippen molar-refractivity contribution in [2.75, 3.05) is 39.6 Å². The van der Waals surface area contributed by atoms with E-state index in [2.05, 4.69) is 41.5 Å². The lowest BCUT2D eigenvalue weighted by Gasteiger charge is -2.21. The maximum absolute atomic E-state index is 13.0. The van der Waals surface area contributed by atoms with E-state index in [1.54, 1.807) is 0 Å². The maximum Gasteiger partial charge on any atom is 0.472 e. The molecule has 486 valence electrons. The molecule has 17 nitrogen and oxygen atoms in total. The lowest BCUT2D eigenvalue weighted by molar-refractivity contribution is -0.161. The first-order valence-corrected chi connectivity index (χ1v) is 36.0. The highest BCUT2D eigenvalue weighted by molar-refractivity contribution is 7.47. The fraction of sp³-hybridized carbons (Fsp3) is 0.937. The molecule has 0 radical (unpaired) electrons. The summed E-state index contributed by atoms with van der Waals surface area (Å²) in [7, 11) is -9.88. The van der Waals surface area contributed by atoms with Crippen molar-refractivity contribution in [1.82, 2.24) is 0 Å². The number of aliphatic hydroxyl groups is 1. The maximum atomic E-state index is 13.0. The number of rotatable bonds is 62. The predicted octanol–water partition coefficient (Wildman–Crippen LogP) is 17.3. The second-order valence-electron chi connectivity index (χ2n) is 23.5. The van der Waals surface area contributed by atoms with Gasteiger partial charge in [0, 0.05) is 25.7 Å². The Hall–Kier alpha value is -1.94. The smallest absolute Gasteiger partial charge is 0.462 e. The third-order valence-electron chi connectivity index (χ3n) is 14.8. The van der Waals surface area contributed by atoms with Crippen LogP contribution < -0.4 is 0 Å².